The highest BCUT2D eigenvalue weighted by Gasteiger charge is 2.25. The van der Waals surface area contributed by atoms with Crippen molar-refractivity contribution in [2.24, 2.45) is 18.7 Å². The van der Waals surface area contributed by atoms with E-state index in [9.17, 15) is 0 Å². The Kier molecular flexibility index (Phi) is 2.29. The summed E-state index contributed by atoms with van der Waals surface area (Å²) < 4.78 is 2.03. The lowest BCUT2D eigenvalue weighted by Crippen LogP contribution is -2.38. The molecular weight excluding hydrogens is 148 g/mol. The number of hydrogen-bond donors (Lipinski definition) is 1. The van der Waals surface area contributed by atoms with Crippen LogP contribution in [-0.4, -0.2) is 4.57 Å². The molecule has 0 fully saturated rings. The Morgan fingerprint density at radius 2 is 2.08 bits per heavy atom. The van der Waals surface area contributed by atoms with Crippen molar-refractivity contribution in [3.8, 4) is 0 Å². The molecule has 1 aromatic rings. The number of aryl methyl sites for hydroxylation is 1. The van der Waals surface area contributed by atoms with Gasteiger partial charge in [-0.3, -0.25) is 0 Å². The summed E-state index contributed by atoms with van der Waals surface area (Å²) in [5.41, 5.74) is 7.18. The van der Waals surface area contributed by atoms with Crippen LogP contribution in [0, 0.1) is 5.92 Å². The van der Waals surface area contributed by atoms with Crippen LogP contribution in [0.25, 0.3) is 0 Å². The average molecular weight is 166 g/mol. The summed E-state index contributed by atoms with van der Waals surface area (Å²) in [6.07, 6.45) is 4.11. The fourth-order valence-corrected chi connectivity index (χ4v) is 1.16. The van der Waals surface area contributed by atoms with Crippen molar-refractivity contribution in [3.63, 3.8) is 0 Å². The van der Waals surface area contributed by atoms with E-state index >= 15 is 0 Å². The number of nitrogens with two attached hydrogens (primary N) is 1. The highest BCUT2D eigenvalue weighted by Crippen LogP contribution is 2.25. The molecule has 1 unspecified atom stereocenters. The van der Waals surface area contributed by atoms with Gasteiger partial charge in [-0.25, -0.2) is 0 Å². The van der Waals surface area contributed by atoms with E-state index in [1.807, 2.05) is 17.8 Å². The van der Waals surface area contributed by atoms with Crippen molar-refractivity contribution < 1.29 is 0 Å². The molecule has 1 rings (SSSR count). The second kappa shape index (κ2) is 2.94. The topological polar surface area (TPSA) is 30.9 Å². The molecule has 2 heteroatoms. The van der Waals surface area contributed by atoms with E-state index in [0.29, 0.717) is 5.92 Å². The maximum atomic E-state index is 6.18. The minimum atomic E-state index is -0.207. The summed E-state index contributed by atoms with van der Waals surface area (Å²) in [5.74, 6) is 0.458. The maximum Gasteiger partial charge on any atom is 0.0419 e. The molecule has 2 N–H and O–H groups in total. The monoisotopic (exact) mass is 166 g/mol. The van der Waals surface area contributed by atoms with E-state index in [4.69, 9.17) is 5.73 Å². The fourth-order valence-electron chi connectivity index (χ4n) is 1.16. The highest BCUT2D eigenvalue weighted by molar-refractivity contribution is 5.20. The van der Waals surface area contributed by atoms with E-state index in [1.54, 1.807) is 0 Å². The van der Waals surface area contributed by atoms with Crippen molar-refractivity contribution in [1.29, 1.82) is 0 Å². The van der Waals surface area contributed by atoms with Crippen LogP contribution in [0.2, 0.25) is 0 Å². The Hall–Kier alpha value is -0.760. The lowest BCUT2D eigenvalue weighted by molar-refractivity contribution is 0.350. The smallest absolute Gasteiger partial charge is 0.0419 e. The molecule has 0 aliphatic carbocycles. The molecule has 0 saturated heterocycles. The Morgan fingerprint density at radius 3 is 2.42 bits per heavy atom. The van der Waals surface area contributed by atoms with Crippen LogP contribution in [0.4, 0.5) is 0 Å². The minimum absolute atomic E-state index is 0.207. The van der Waals surface area contributed by atoms with E-state index < -0.39 is 0 Å². The first-order chi connectivity index (χ1) is 5.44. The molecule has 2 nitrogen and oxygen atoms in total. The van der Waals surface area contributed by atoms with Crippen LogP contribution in [0.1, 0.15) is 26.3 Å². The van der Waals surface area contributed by atoms with Crippen LogP contribution < -0.4 is 5.73 Å². The van der Waals surface area contributed by atoms with E-state index in [1.165, 1.54) is 5.56 Å². The molecular formula is C10H18N2. The highest BCUT2D eigenvalue weighted by atomic mass is 14.9. The molecule has 0 radical (unpaired) electrons. The molecule has 1 aromatic heterocycles. The third-order valence-corrected chi connectivity index (χ3v) is 2.65. The number of nitrogens with zero attached hydrogens (tertiary/aromatic N) is 1. The Bertz CT molecular complexity index is 259. The first-order valence-corrected chi connectivity index (χ1v) is 4.36. The zero-order valence-corrected chi connectivity index (χ0v) is 8.33. The van der Waals surface area contributed by atoms with Gasteiger partial charge < -0.3 is 10.3 Å². The van der Waals surface area contributed by atoms with Gasteiger partial charge in [0.05, 0.1) is 0 Å². The molecule has 0 aromatic carbocycles. The first kappa shape index (κ1) is 9.33. The van der Waals surface area contributed by atoms with Gasteiger partial charge in [-0.15, -0.1) is 0 Å². The summed E-state index contributed by atoms with van der Waals surface area (Å²) in [6.45, 7) is 6.37. The fraction of sp³-hybridized carbons (Fsp3) is 0.600. The van der Waals surface area contributed by atoms with Crippen LogP contribution in [0.15, 0.2) is 18.5 Å². The zero-order chi connectivity index (χ0) is 9.35. The van der Waals surface area contributed by atoms with Gasteiger partial charge in [-0.1, -0.05) is 13.8 Å². The largest absolute Gasteiger partial charge is 0.357 e. The predicted octanol–water partition coefficient (Wildman–Crippen LogP) is 1.85. The van der Waals surface area contributed by atoms with Crippen molar-refractivity contribution >= 4 is 0 Å². The molecule has 0 spiro atoms. The van der Waals surface area contributed by atoms with Crippen molar-refractivity contribution in [3.05, 3.63) is 24.0 Å². The van der Waals surface area contributed by atoms with E-state index in [2.05, 4.69) is 33.0 Å². The predicted molar refractivity (Wildman–Crippen MR) is 51.8 cm³/mol. The SMILES string of the molecule is CC(C)C(C)(N)c1ccn(C)c1. The molecule has 68 valence electrons. The van der Waals surface area contributed by atoms with Crippen LogP contribution in [0.3, 0.4) is 0 Å². The van der Waals surface area contributed by atoms with Crippen molar-refractivity contribution in [2.45, 2.75) is 26.3 Å². The Labute approximate surface area is 74.4 Å². The van der Waals surface area contributed by atoms with Gasteiger partial charge in [-0.05, 0) is 24.5 Å². The van der Waals surface area contributed by atoms with Gasteiger partial charge in [0.2, 0.25) is 0 Å². The van der Waals surface area contributed by atoms with Gasteiger partial charge in [0.1, 0.15) is 0 Å². The maximum absolute atomic E-state index is 6.18. The zero-order valence-electron chi connectivity index (χ0n) is 8.33. The van der Waals surface area contributed by atoms with Crippen molar-refractivity contribution in [2.75, 3.05) is 0 Å². The normalized spacial score (nSPS) is 16.5. The van der Waals surface area contributed by atoms with Gasteiger partial charge in [0, 0.05) is 25.0 Å². The van der Waals surface area contributed by atoms with E-state index in [-0.39, 0.29) is 5.54 Å². The molecule has 0 saturated carbocycles. The van der Waals surface area contributed by atoms with Gasteiger partial charge >= 0.3 is 0 Å². The van der Waals surface area contributed by atoms with Crippen LogP contribution >= 0.6 is 0 Å². The third-order valence-electron chi connectivity index (χ3n) is 2.65. The molecule has 0 aliphatic rings. The molecule has 0 amide bonds. The molecule has 12 heavy (non-hydrogen) atoms. The van der Waals surface area contributed by atoms with E-state index in [0.717, 1.165) is 0 Å². The summed E-state index contributed by atoms with van der Waals surface area (Å²) in [5, 5.41) is 0. The van der Waals surface area contributed by atoms with Crippen LogP contribution in [0.5, 0.6) is 0 Å². The van der Waals surface area contributed by atoms with Gasteiger partial charge in [0.25, 0.3) is 0 Å². The molecule has 1 heterocycles. The Balaban J connectivity index is 2.97. The summed E-state index contributed by atoms with van der Waals surface area (Å²) in [7, 11) is 2.01. The lowest BCUT2D eigenvalue weighted by Gasteiger charge is -2.28. The van der Waals surface area contributed by atoms with Crippen molar-refractivity contribution in [1.82, 2.24) is 4.57 Å². The second-order valence-corrected chi connectivity index (χ2v) is 4.00. The third kappa shape index (κ3) is 1.53. The molecule has 0 bridgehead atoms. The van der Waals surface area contributed by atoms with Gasteiger partial charge in [0.15, 0.2) is 0 Å². The summed E-state index contributed by atoms with van der Waals surface area (Å²) in [6, 6.07) is 2.08. The quantitative estimate of drug-likeness (QED) is 0.714. The summed E-state index contributed by atoms with van der Waals surface area (Å²) >= 11 is 0. The Morgan fingerprint density at radius 1 is 1.50 bits per heavy atom. The lowest BCUT2D eigenvalue weighted by atomic mass is 9.84. The first-order valence-electron chi connectivity index (χ1n) is 4.36. The van der Waals surface area contributed by atoms with Crippen LogP contribution in [-0.2, 0) is 12.6 Å². The molecule has 1 atom stereocenters. The second-order valence-electron chi connectivity index (χ2n) is 4.00. The number of hydrogen-bond acceptors (Lipinski definition) is 1. The number of aromatic nitrogens is 1. The average Bonchev–Trinajstić information content (AvgIpc) is 2.35. The molecule has 0 aliphatic heterocycles. The minimum Gasteiger partial charge on any atom is -0.357 e. The van der Waals surface area contributed by atoms with Gasteiger partial charge in [-0.2, -0.15) is 0 Å². The summed E-state index contributed by atoms with van der Waals surface area (Å²) in [4.78, 5) is 0. The standard InChI is InChI=1S/C10H18N2/c1-8(2)10(3,11)9-5-6-12(4)7-9/h5-8H,11H2,1-4H3. The number of rotatable bonds is 2.